The van der Waals surface area contributed by atoms with Crippen LogP contribution in [0.4, 0.5) is 0 Å². The monoisotopic (exact) mass is 554 g/mol. The van der Waals surface area contributed by atoms with Gasteiger partial charge in [0.05, 0.1) is 0 Å². The van der Waals surface area contributed by atoms with Crippen LogP contribution >= 0.6 is 46.5 Å². The van der Waals surface area contributed by atoms with Crippen molar-refractivity contribution in [1.82, 2.24) is 0 Å². The first-order chi connectivity index (χ1) is 10.6. The molecular formula is C18H37I2OP. The summed E-state index contributed by atoms with van der Waals surface area (Å²) in [6.07, 6.45) is 23.3. The SMILES string of the molecule is CCCCCCCCCCCCCCCCCCP(=O)(I)I. The molecular weight excluding hydrogens is 517 g/mol. The number of hydrogen-bond donors (Lipinski definition) is 0. The molecule has 0 rings (SSSR count). The zero-order valence-electron chi connectivity index (χ0n) is 14.6. The Hall–Kier alpha value is 1.69. The molecule has 4 heteroatoms. The van der Waals surface area contributed by atoms with E-state index in [2.05, 4.69) is 51.0 Å². The Morgan fingerprint density at radius 2 is 0.818 bits per heavy atom. The fourth-order valence-corrected chi connectivity index (χ4v) is 5.48. The van der Waals surface area contributed by atoms with Crippen LogP contribution in [-0.4, -0.2) is 6.16 Å². The number of halogens is 2. The van der Waals surface area contributed by atoms with E-state index in [9.17, 15) is 4.57 Å². The van der Waals surface area contributed by atoms with Crippen LogP contribution in [0.15, 0.2) is 0 Å². The van der Waals surface area contributed by atoms with Crippen molar-refractivity contribution in [2.75, 3.05) is 6.16 Å². The fraction of sp³-hybridized carbons (Fsp3) is 1.00. The highest BCUT2D eigenvalue weighted by atomic mass is 127. The third kappa shape index (κ3) is 21.7. The van der Waals surface area contributed by atoms with E-state index in [0.29, 0.717) is 0 Å². The maximum absolute atomic E-state index is 11.5. The Kier molecular flexibility index (Phi) is 18.9. The summed E-state index contributed by atoms with van der Waals surface area (Å²) in [5.41, 5.74) is 0. The van der Waals surface area contributed by atoms with Gasteiger partial charge in [-0.3, -0.25) is 0 Å². The lowest BCUT2D eigenvalue weighted by molar-refractivity contribution is 0.531. The van der Waals surface area contributed by atoms with Gasteiger partial charge in [-0.2, -0.15) is 0 Å². The summed E-state index contributed by atoms with van der Waals surface area (Å²) in [5.74, 6) is 0. The summed E-state index contributed by atoms with van der Waals surface area (Å²) in [6.45, 7) is 2.29. The van der Waals surface area contributed by atoms with E-state index >= 15 is 0 Å². The first kappa shape index (κ1) is 23.7. The lowest BCUT2D eigenvalue weighted by atomic mass is 10.0. The van der Waals surface area contributed by atoms with Crippen molar-refractivity contribution in [2.24, 2.45) is 0 Å². The maximum Gasteiger partial charge on any atom is 0.198 e. The Labute approximate surface area is 165 Å². The third-order valence-electron chi connectivity index (χ3n) is 4.27. The Morgan fingerprint density at radius 3 is 1.09 bits per heavy atom. The molecule has 0 unspecified atom stereocenters. The predicted octanol–water partition coefficient (Wildman–Crippen LogP) is 9.31. The van der Waals surface area contributed by atoms with E-state index in [1.807, 2.05) is 0 Å². The zero-order chi connectivity index (χ0) is 16.5. The highest BCUT2D eigenvalue weighted by molar-refractivity contribution is 14.3. The lowest BCUT2D eigenvalue weighted by Gasteiger charge is -2.04. The molecule has 0 aliphatic rings. The van der Waals surface area contributed by atoms with E-state index < -0.39 is 2.43 Å². The van der Waals surface area contributed by atoms with Gasteiger partial charge in [0.1, 0.15) is 0 Å². The Bertz CT molecular complexity index is 266. The van der Waals surface area contributed by atoms with Crippen molar-refractivity contribution in [1.29, 1.82) is 0 Å². The van der Waals surface area contributed by atoms with E-state index in [4.69, 9.17) is 0 Å². The highest BCUT2D eigenvalue weighted by Crippen LogP contribution is 2.63. The van der Waals surface area contributed by atoms with Gasteiger partial charge in [0.2, 0.25) is 0 Å². The molecule has 0 aliphatic heterocycles. The Morgan fingerprint density at radius 1 is 0.545 bits per heavy atom. The van der Waals surface area contributed by atoms with Crippen LogP contribution in [0.1, 0.15) is 110 Å². The van der Waals surface area contributed by atoms with Crippen molar-refractivity contribution in [2.45, 2.75) is 110 Å². The second kappa shape index (κ2) is 17.5. The first-order valence-corrected chi connectivity index (χ1v) is 17.0. The van der Waals surface area contributed by atoms with Crippen molar-refractivity contribution >= 4 is 46.5 Å². The molecule has 0 aromatic rings. The van der Waals surface area contributed by atoms with Crippen LogP contribution in [0.25, 0.3) is 0 Å². The van der Waals surface area contributed by atoms with E-state index in [-0.39, 0.29) is 0 Å². The van der Waals surface area contributed by atoms with Gasteiger partial charge in [-0.05, 0) is 6.42 Å². The van der Waals surface area contributed by atoms with Crippen LogP contribution in [0.2, 0.25) is 0 Å². The standard InChI is InChI=1S/C18H37I2OP/c1-2-3-4-5-6-7-8-9-10-11-12-13-14-15-16-17-18-22(19,20)21/h2-18H2,1H3. The van der Waals surface area contributed by atoms with E-state index in [1.54, 1.807) is 0 Å². The largest absolute Gasteiger partial charge is 0.302 e. The molecule has 0 bridgehead atoms. The van der Waals surface area contributed by atoms with Gasteiger partial charge in [-0.15, -0.1) is 0 Å². The molecule has 0 aromatic carbocycles. The molecule has 0 radical (unpaired) electrons. The predicted molar refractivity (Wildman–Crippen MR) is 120 cm³/mol. The van der Waals surface area contributed by atoms with Crippen LogP contribution in [-0.2, 0) is 4.57 Å². The molecule has 0 N–H and O–H groups in total. The molecule has 0 aliphatic carbocycles. The third-order valence-corrected chi connectivity index (χ3v) is 8.00. The lowest BCUT2D eigenvalue weighted by Crippen LogP contribution is -1.84. The van der Waals surface area contributed by atoms with Crippen LogP contribution in [0.5, 0.6) is 0 Å². The summed E-state index contributed by atoms with van der Waals surface area (Å²) in [4.78, 5) is 0. The number of hydrogen-bond acceptors (Lipinski definition) is 1. The molecule has 0 amide bonds. The first-order valence-electron chi connectivity index (χ1n) is 9.54. The topological polar surface area (TPSA) is 17.1 Å². The second-order valence-electron chi connectivity index (χ2n) is 6.60. The fourth-order valence-electron chi connectivity index (χ4n) is 2.84. The van der Waals surface area contributed by atoms with Gasteiger partial charge in [-0.1, -0.05) is 103 Å². The minimum Gasteiger partial charge on any atom is -0.302 e. The van der Waals surface area contributed by atoms with Gasteiger partial charge in [0, 0.05) is 50.2 Å². The summed E-state index contributed by atoms with van der Waals surface area (Å²) in [7, 11) is 0. The summed E-state index contributed by atoms with van der Waals surface area (Å²) >= 11 is 4.24. The van der Waals surface area contributed by atoms with E-state index in [0.717, 1.165) is 12.6 Å². The zero-order valence-corrected chi connectivity index (χ0v) is 19.8. The molecule has 0 fully saturated rings. The van der Waals surface area contributed by atoms with Gasteiger partial charge in [0.15, 0.2) is 2.43 Å². The smallest absolute Gasteiger partial charge is 0.198 e. The van der Waals surface area contributed by atoms with Crippen molar-refractivity contribution in [3.05, 3.63) is 0 Å². The summed E-state index contributed by atoms with van der Waals surface area (Å²) in [6, 6.07) is 0. The van der Waals surface area contributed by atoms with Crippen molar-refractivity contribution in [3.8, 4) is 0 Å². The minimum absolute atomic E-state index is 0.923. The Balaban J connectivity index is 3.01. The number of rotatable bonds is 17. The number of unbranched alkanes of at least 4 members (excludes halogenated alkanes) is 15. The van der Waals surface area contributed by atoms with Crippen molar-refractivity contribution < 1.29 is 4.57 Å². The minimum atomic E-state index is -1.81. The van der Waals surface area contributed by atoms with Crippen molar-refractivity contribution in [3.63, 3.8) is 0 Å². The molecule has 0 aromatic heterocycles. The van der Waals surface area contributed by atoms with Gasteiger partial charge in [0.25, 0.3) is 0 Å². The van der Waals surface area contributed by atoms with Gasteiger partial charge in [-0.25, -0.2) is 0 Å². The quantitative estimate of drug-likeness (QED) is 0.0995. The molecule has 0 heterocycles. The highest BCUT2D eigenvalue weighted by Gasteiger charge is 2.10. The molecule has 0 saturated heterocycles. The van der Waals surface area contributed by atoms with Crippen LogP contribution in [0, 0.1) is 0 Å². The molecule has 0 atom stereocenters. The van der Waals surface area contributed by atoms with Gasteiger partial charge >= 0.3 is 0 Å². The molecule has 22 heavy (non-hydrogen) atoms. The average Bonchev–Trinajstić information content (AvgIpc) is 2.45. The molecule has 1 nitrogen and oxygen atoms in total. The summed E-state index contributed by atoms with van der Waals surface area (Å²) < 4.78 is 9.72. The normalized spacial score (nSPS) is 12.0. The molecule has 0 spiro atoms. The molecule has 134 valence electrons. The maximum atomic E-state index is 11.5. The summed E-state index contributed by atoms with van der Waals surface area (Å²) in [5, 5.41) is 0. The average molecular weight is 554 g/mol. The van der Waals surface area contributed by atoms with E-state index in [1.165, 1.54) is 96.3 Å². The molecule has 0 saturated carbocycles. The van der Waals surface area contributed by atoms with Gasteiger partial charge < -0.3 is 4.57 Å². The van der Waals surface area contributed by atoms with Crippen LogP contribution < -0.4 is 0 Å². The second-order valence-corrected chi connectivity index (χ2v) is 23.1. The van der Waals surface area contributed by atoms with Crippen LogP contribution in [0.3, 0.4) is 0 Å².